The van der Waals surface area contributed by atoms with Crippen molar-refractivity contribution in [3.63, 3.8) is 0 Å². The summed E-state index contributed by atoms with van der Waals surface area (Å²) in [6.45, 7) is 0.439. The molecule has 0 spiro atoms. The largest absolute Gasteiger partial charge is 0.393 e. The molecular formula is C14H20N2O3S2. The summed E-state index contributed by atoms with van der Waals surface area (Å²) in [5, 5.41) is 9.26. The molecule has 0 heterocycles. The van der Waals surface area contributed by atoms with Crippen LogP contribution in [-0.4, -0.2) is 42.5 Å². The standard InChI is InChI=1S/C14H20N2O3S2/c1-16(9-11-6-12(17)7-11)21(18,19)13-4-2-10(3-5-13)8-14(15)20/h2-5,11-12,17H,6-9H2,1H3,(H2,15,20). The first kappa shape index (κ1) is 16.4. The fraction of sp³-hybridized carbons (Fsp3) is 0.500. The molecule has 0 atom stereocenters. The van der Waals surface area contributed by atoms with Gasteiger partial charge in [0.1, 0.15) is 0 Å². The van der Waals surface area contributed by atoms with Gasteiger partial charge in [-0.15, -0.1) is 0 Å². The Hall–Kier alpha value is -1.02. The molecule has 1 saturated carbocycles. The number of benzene rings is 1. The topological polar surface area (TPSA) is 83.6 Å². The Balaban J connectivity index is 2.05. The Morgan fingerprint density at radius 1 is 1.38 bits per heavy atom. The molecule has 116 valence electrons. The number of hydrogen-bond acceptors (Lipinski definition) is 4. The molecule has 1 fully saturated rings. The molecule has 0 saturated heterocycles. The maximum atomic E-state index is 12.4. The first-order chi connectivity index (χ1) is 9.79. The van der Waals surface area contributed by atoms with Gasteiger partial charge in [0.25, 0.3) is 0 Å². The summed E-state index contributed by atoms with van der Waals surface area (Å²) in [4.78, 5) is 0.642. The lowest BCUT2D eigenvalue weighted by Crippen LogP contribution is -2.39. The minimum Gasteiger partial charge on any atom is -0.393 e. The summed E-state index contributed by atoms with van der Waals surface area (Å²) >= 11 is 4.83. The molecule has 2 rings (SSSR count). The lowest BCUT2D eigenvalue weighted by atomic mass is 9.82. The first-order valence-corrected chi connectivity index (χ1v) is 8.65. The van der Waals surface area contributed by atoms with Crippen LogP contribution in [0.2, 0.25) is 0 Å². The van der Waals surface area contributed by atoms with E-state index in [4.69, 9.17) is 18.0 Å². The molecule has 0 unspecified atom stereocenters. The monoisotopic (exact) mass is 328 g/mol. The second-order valence-electron chi connectivity index (χ2n) is 5.56. The quantitative estimate of drug-likeness (QED) is 0.758. The van der Waals surface area contributed by atoms with Crippen molar-refractivity contribution in [2.45, 2.75) is 30.3 Å². The second-order valence-corrected chi connectivity index (χ2v) is 8.13. The van der Waals surface area contributed by atoms with Crippen LogP contribution in [0.5, 0.6) is 0 Å². The zero-order valence-electron chi connectivity index (χ0n) is 11.9. The van der Waals surface area contributed by atoms with Crippen molar-refractivity contribution in [2.24, 2.45) is 11.7 Å². The number of aliphatic hydroxyl groups excluding tert-OH is 1. The van der Waals surface area contributed by atoms with E-state index < -0.39 is 10.0 Å². The van der Waals surface area contributed by atoms with Gasteiger partial charge in [-0.05, 0) is 36.5 Å². The maximum absolute atomic E-state index is 12.4. The molecule has 0 aliphatic heterocycles. The van der Waals surface area contributed by atoms with Crippen molar-refractivity contribution >= 4 is 27.2 Å². The van der Waals surface area contributed by atoms with E-state index in [1.165, 1.54) is 4.31 Å². The number of rotatable bonds is 6. The molecule has 1 aromatic rings. The summed E-state index contributed by atoms with van der Waals surface area (Å²) in [5.41, 5.74) is 6.36. The van der Waals surface area contributed by atoms with E-state index >= 15 is 0 Å². The molecule has 1 aliphatic rings. The van der Waals surface area contributed by atoms with Crippen LogP contribution in [0.1, 0.15) is 18.4 Å². The average molecular weight is 328 g/mol. The summed E-state index contributed by atoms with van der Waals surface area (Å²) in [6, 6.07) is 6.62. The van der Waals surface area contributed by atoms with Gasteiger partial charge in [-0.2, -0.15) is 0 Å². The summed E-state index contributed by atoms with van der Waals surface area (Å²) < 4.78 is 26.2. The third kappa shape index (κ3) is 4.00. The number of nitrogens with two attached hydrogens (primary N) is 1. The van der Waals surface area contributed by atoms with Gasteiger partial charge in [-0.1, -0.05) is 24.4 Å². The van der Waals surface area contributed by atoms with Crippen molar-refractivity contribution in [3.8, 4) is 0 Å². The highest BCUT2D eigenvalue weighted by Crippen LogP contribution is 2.29. The van der Waals surface area contributed by atoms with Gasteiger partial charge < -0.3 is 10.8 Å². The van der Waals surface area contributed by atoms with Crippen LogP contribution >= 0.6 is 12.2 Å². The number of sulfonamides is 1. The molecule has 1 aliphatic carbocycles. The van der Waals surface area contributed by atoms with E-state index in [-0.39, 0.29) is 16.9 Å². The zero-order valence-corrected chi connectivity index (χ0v) is 13.5. The highest BCUT2D eigenvalue weighted by atomic mass is 32.2. The summed E-state index contributed by atoms with van der Waals surface area (Å²) in [7, 11) is -1.91. The highest BCUT2D eigenvalue weighted by Gasteiger charge is 2.31. The third-order valence-corrected chi connectivity index (χ3v) is 5.72. The molecule has 7 heteroatoms. The van der Waals surface area contributed by atoms with Crippen LogP contribution < -0.4 is 5.73 Å². The SMILES string of the molecule is CN(CC1CC(O)C1)S(=O)(=O)c1ccc(CC(N)=S)cc1. The van der Waals surface area contributed by atoms with E-state index in [1.807, 2.05) is 0 Å². The number of aliphatic hydroxyl groups is 1. The van der Waals surface area contributed by atoms with E-state index in [2.05, 4.69) is 0 Å². The van der Waals surface area contributed by atoms with Crippen molar-refractivity contribution < 1.29 is 13.5 Å². The molecule has 5 nitrogen and oxygen atoms in total. The minimum atomic E-state index is -3.49. The van der Waals surface area contributed by atoms with E-state index in [9.17, 15) is 13.5 Å². The summed E-state index contributed by atoms with van der Waals surface area (Å²) in [5.74, 6) is 0.244. The lowest BCUT2D eigenvalue weighted by Gasteiger charge is -2.34. The van der Waals surface area contributed by atoms with Crippen molar-refractivity contribution in [1.29, 1.82) is 0 Å². The molecule has 3 N–H and O–H groups in total. The second kappa shape index (κ2) is 6.39. The molecule has 0 radical (unpaired) electrons. The normalized spacial score (nSPS) is 22.0. The van der Waals surface area contributed by atoms with Gasteiger partial charge in [0.2, 0.25) is 10.0 Å². The maximum Gasteiger partial charge on any atom is 0.242 e. The van der Waals surface area contributed by atoms with Crippen LogP contribution in [0, 0.1) is 5.92 Å². The number of nitrogens with zero attached hydrogens (tertiary/aromatic N) is 1. The van der Waals surface area contributed by atoms with Crippen LogP contribution in [0.3, 0.4) is 0 Å². The Morgan fingerprint density at radius 2 is 1.95 bits per heavy atom. The molecule has 0 aromatic heterocycles. The fourth-order valence-electron chi connectivity index (χ4n) is 2.47. The number of hydrogen-bond donors (Lipinski definition) is 2. The van der Waals surface area contributed by atoms with Gasteiger partial charge in [0.15, 0.2) is 0 Å². The van der Waals surface area contributed by atoms with E-state index in [0.717, 1.165) is 5.56 Å². The van der Waals surface area contributed by atoms with Crippen molar-refractivity contribution in [2.75, 3.05) is 13.6 Å². The predicted molar refractivity (Wildman–Crippen MR) is 85.5 cm³/mol. The molecule has 21 heavy (non-hydrogen) atoms. The van der Waals surface area contributed by atoms with Crippen LogP contribution in [0.4, 0.5) is 0 Å². The van der Waals surface area contributed by atoms with Crippen LogP contribution in [0.15, 0.2) is 29.2 Å². The smallest absolute Gasteiger partial charge is 0.242 e. The highest BCUT2D eigenvalue weighted by molar-refractivity contribution is 7.89. The molecular weight excluding hydrogens is 308 g/mol. The Kier molecular flexibility index (Phi) is 4.98. The minimum absolute atomic E-state index is 0.244. The van der Waals surface area contributed by atoms with Crippen LogP contribution in [0.25, 0.3) is 0 Å². The van der Waals surface area contributed by atoms with Gasteiger partial charge in [-0.3, -0.25) is 0 Å². The first-order valence-electron chi connectivity index (χ1n) is 6.80. The van der Waals surface area contributed by atoms with E-state index in [0.29, 0.717) is 30.8 Å². The van der Waals surface area contributed by atoms with Crippen molar-refractivity contribution in [1.82, 2.24) is 4.31 Å². The van der Waals surface area contributed by atoms with Gasteiger partial charge >= 0.3 is 0 Å². The van der Waals surface area contributed by atoms with E-state index in [1.54, 1.807) is 31.3 Å². The summed E-state index contributed by atoms with van der Waals surface area (Å²) in [6.07, 6.45) is 1.54. The Bertz CT molecular complexity index is 608. The predicted octanol–water partition coefficient (Wildman–Crippen LogP) is 0.907. The average Bonchev–Trinajstić information content (AvgIpc) is 2.36. The molecule has 0 bridgehead atoms. The molecule has 0 amide bonds. The zero-order chi connectivity index (χ0) is 15.6. The molecule has 1 aromatic carbocycles. The van der Waals surface area contributed by atoms with Gasteiger partial charge in [0, 0.05) is 20.0 Å². The van der Waals surface area contributed by atoms with Gasteiger partial charge in [-0.25, -0.2) is 12.7 Å². The fourth-order valence-corrected chi connectivity index (χ4v) is 3.89. The van der Waals surface area contributed by atoms with Gasteiger partial charge in [0.05, 0.1) is 16.0 Å². The number of thiocarbonyl (C=S) groups is 1. The van der Waals surface area contributed by atoms with Crippen LogP contribution in [-0.2, 0) is 16.4 Å². The lowest BCUT2D eigenvalue weighted by molar-refractivity contribution is 0.0367. The Morgan fingerprint density at radius 3 is 2.43 bits per heavy atom. The van der Waals surface area contributed by atoms with Crippen molar-refractivity contribution in [3.05, 3.63) is 29.8 Å². The third-order valence-electron chi connectivity index (χ3n) is 3.74. The Labute approximate surface area is 130 Å².